The van der Waals surface area contributed by atoms with Gasteiger partial charge in [0.2, 0.25) is 0 Å². The molecule has 0 unspecified atom stereocenters. The van der Waals surface area contributed by atoms with Gasteiger partial charge in [0, 0.05) is 25.8 Å². The Morgan fingerprint density at radius 3 is 2.65 bits per heavy atom. The number of likely N-dealkylation sites (tertiary alicyclic amines) is 1. The van der Waals surface area contributed by atoms with Gasteiger partial charge in [0.05, 0.1) is 17.3 Å². The maximum atomic E-state index is 12.2. The highest BCUT2D eigenvalue weighted by Gasteiger charge is 2.51. The van der Waals surface area contributed by atoms with Gasteiger partial charge >= 0.3 is 0 Å². The Balaban J connectivity index is 1.71. The summed E-state index contributed by atoms with van der Waals surface area (Å²) < 4.78 is 1.73. The van der Waals surface area contributed by atoms with Gasteiger partial charge in [-0.3, -0.25) is 9.48 Å². The predicted octanol–water partition coefficient (Wildman–Crippen LogP) is 0.292. The van der Waals surface area contributed by atoms with E-state index < -0.39 is 0 Å². The predicted molar refractivity (Wildman–Crippen MR) is 63.5 cm³/mol. The molecule has 17 heavy (non-hydrogen) atoms. The molecule has 0 radical (unpaired) electrons. The zero-order valence-electron chi connectivity index (χ0n) is 10.3. The second-order valence-corrected chi connectivity index (χ2v) is 5.44. The highest BCUT2D eigenvalue weighted by molar-refractivity contribution is 5.95. The third-order valence-corrected chi connectivity index (χ3v) is 4.11. The van der Waals surface area contributed by atoms with Crippen LogP contribution in [-0.2, 0) is 7.05 Å². The highest BCUT2D eigenvalue weighted by atomic mass is 16.2. The number of carbonyl (C=O) groups excluding carboxylic acids is 1. The van der Waals surface area contributed by atoms with Crippen LogP contribution in [0.4, 0.5) is 0 Å². The summed E-state index contributed by atoms with van der Waals surface area (Å²) in [7, 11) is 1.85. The molecule has 0 spiro atoms. The second kappa shape index (κ2) is 3.32. The third-order valence-electron chi connectivity index (χ3n) is 4.11. The molecule has 1 aromatic heterocycles. The molecule has 5 nitrogen and oxygen atoms in total. The van der Waals surface area contributed by atoms with Crippen molar-refractivity contribution >= 4 is 5.91 Å². The van der Waals surface area contributed by atoms with E-state index in [4.69, 9.17) is 5.73 Å². The fourth-order valence-corrected chi connectivity index (χ4v) is 2.60. The zero-order valence-corrected chi connectivity index (χ0v) is 10.3. The van der Waals surface area contributed by atoms with Crippen LogP contribution in [0.25, 0.3) is 0 Å². The lowest BCUT2D eigenvalue weighted by Crippen LogP contribution is -2.69. The van der Waals surface area contributed by atoms with Gasteiger partial charge in [0.15, 0.2) is 0 Å². The Hall–Kier alpha value is -1.36. The maximum Gasteiger partial charge on any atom is 0.257 e. The smallest absolute Gasteiger partial charge is 0.257 e. The average Bonchev–Trinajstić information content (AvgIpc) is 3.03. The Labute approximate surface area is 101 Å². The van der Waals surface area contributed by atoms with E-state index in [9.17, 15) is 4.79 Å². The van der Waals surface area contributed by atoms with Gasteiger partial charge in [-0.15, -0.1) is 0 Å². The van der Waals surface area contributed by atoms with Crippen LogP contribution in [0.15, 0.2) is 6.20 Å². The number of amides is 1. The van der Waals surface area contributed by atoms with E-state index in [0.717, 1.165) is 5.69 Å². The molecule has 1 aliphatic carbocycles. The van der Waals surface area contributed by atoms with Crippen LogP contribution in [-0.4, -0.2) is 39.2 Å². The summed E-state index contributed by atoms with van der Waals surface area (Å²) >= 11 is 0. The Bertz CT molecular complexity index is 469. The zero-order chi connectivity index (χ0) is 12.2. The molecule has 1 amide bonds. The van der Waals surface area contributed by atoms with Crippen LogP contribution in [0, 0.1) is 12.8 Å². The molecule has 5 heteroatoms. The van der Waals surface area contributed by atoms with Crippen molar-refractivity contribution < 1.29 is 4.79 Å². The van der Waals surface area contributed by atoms with Crippen LogP contribution < -0.4 is 5.73 Å². The quantitative estimate of drug-likeness (QED) is 0.800. The second-order valence-electron chi connectivity index (χ2n) is 5.44. The topological polar surface area (TPSA) is 64.2 Å². The molecule has 0 aromatic carbocycles. The third kappa shape index (κ3) is 1.57. The van der Waals surface area contributed by atoms with Crippen LogP contribution in [0.2, 0.25) is 0 Å². The summed E-state index contributed by atoms with van der Waals surface area (Å²) in [5.41, 5.74) is 7.75. The fraction of sp³-hybridized carbons (Fsp3) is 0.667. The first-order valence-electron chi connectivity index (χ1n) is 6.08. The van der Waals surface area contributed by atoms with Crippen molar-refractivity contribution in [1.29, 1.82) is 0 Å². The molecule has 2 N–H and O–H groups in total. The molecule has 0 atom stereocenters. The van der Waals surface area contributed by atoms with Crippen molar-refractivity contribution in [2.75, 3.05) is 13.1 Å². The van der Waals surface area contributed by atoms with Gasteiger partial charge in [-0.05, 0) is 25.7 Å². The first-order valence-corrected chi connectivity index (χ1v) is 6.08. The highest BCUT2D eigenvalue weighted by Crippen LogP contribution is 2.43. The SMILES string of the molecule is Cc1c(C(=O)N2CC(N)(C3CC3)C2)cnn1C. The first kappa shape index (κ1) is 10.8. The van der Waals surface area contributed by atoms with E-state index in [2.05, 4.69) is 5.10 Å². The van der Waals surface area contributed by atoms with Crippen molar-refractivity contribution in [1.82, 2.24) is 14.7 Å². The van der Waals surface area contributed by atoms with Crippen molar-refractivity contribution in [2.45, 2.75) is 25.3 Å². The standard InChI is InChI=1S/C12H18N4O/c1-8-10(5-14-15(8)2)11(17)16-6-12(13,7-16)9-3-4-9/h5,9H,3-4,6-7,13H2,1-2H3. The van der Waals surface area contributed by atoms with Crippen molar-refractivity contribution in [3.63, 3.8) is 0 Å². The maximum absolute atomic E-state index is 12.2. The van der Waals surface area contributed by atoms with E-state index in [0.29, 0.717) is 24.6 Å². The molecule has 2 heterocycles. The Kier molecular flexibility index (Phi) is 2.10. The minimum atomic E-state index is -0.105. The summed E-state index contributed by atoms with van der Waals surface area (Å²) in [4.78, 5) is 14.0. The molecular weight excluding hydrogens is 216 g/mol. The summed E-state index contributed by atoms with van der Waals surface area (Å²) in [5, 5.41) is 4.10. The van der Waals surface area contributed by atoms with Crippen molar-refractivity contribution in [2.24, 2.45) is 18.7 Å². The average molecular weight is 234 g/mol. The lowest BCUT2D eigenvalue weighted by atomic mass is 9.85. The number of hydrogen-bond donors (Lipinski definition) is 1. The monoisotopic (exact) mass is 234 g/mol. The van der Waals surface area contributed by atoms with E-state index in [-0.39, 0.29) is 11.4 Å². The summed E-state index contributed by atoms with van der Waals surface area (Å²) in [5.74, 6) is 0.707. The minimum absolute atomic E-state index is 0.0670. The fourth-order valence-electron chi connectivity index (χ4n) is 2.60. The van der Waals surface area contributed by atoms with Crippen molar-refractivity contribution in [3.05, 3.63) is 17.5 Å². The number of rotatable bonds is 2. The molecule has 2 fully saturated rings. The molecule has 1 saturated carbocycles. The molecule has 3 rings (SSSR count). The Morgan fingerprint density at radius 1 is 1.53 bits per heavy atom. The largest absolute Gasteiger partial charge is 0.335 e. The molecule has 1 aliphatic heterocycles. The van der Waals surface area contributed by atoms with Gasteiger partial charge < -0.3 is 10.6 Å². The number of carbonyl (C=O) groups is 1. The van der Waals surface area contributed by atoms with Crippen LogP contribution in [0.3, 0.4) is 0 Å². The van der Waals surface area contributed by atoms with E-state index in [1.54, 1.807) is 10.9 Å². The van der Waals surface area contributed by atoms with Crippen molar-refractivity contribution in [3.8, 4) is 0 Å². The van der Waals surface area contributed by atoms with Gasteiger partial charge in [-0.2, -0.15) is 5.10 Å². The van der Waals surface area contributed by atoms with Gasteiger partial charge in [-0.1, -0.05) is 0 Å². The number of aromatic nitrogens is 2. The van der Waals surface area contributed by atoms with Crippen LogP contribution >= 0.6 is 0 Å². The number of aryl methyl sites for hydroxylation is 1. The molecule has 0 bridgehead atoms. The first-order chi connectivity index (χ1) is 8.01. The van der Waals surface area contributed by atoms with Crippen LogP contribution in [0.1, 0.15) is 28.9 Å². The van der Waals surface area contributed by atoms with Gasteiger partial charge in [0.1, 0.15) is 0 Å². The normalized spacial score (nSPS) is 22.4. The number of hydrogen-bond acceptors (Lipinski definition) is 3. The minimum Gasteiger partial charge on any atom is -0.335 e. The molecule has 1 aromatic rings. The lowest BCUT2D eigenvalue weighted by Gasteiger charge is -2.48. The molecule has 2 aliphatic rings. The molecular formula is C12H18N4O. The Morgan fingerprint density at radius 2 is 2.18 bits per heavy atom. The number of nitrogens with two attached hydrogens (primary N) is 1. The molecule has 92 valence electrons. The molecule has 1 saturated heterocycles. The van der Waals surface area contributed by atoms with E-state index in [1.807, 2.05) is 18.9 Å². The lowest BCUT2D eigenvalue weighted by molar-refractivity contribution is 0.0349. The van der Waals surface area contributed by atoms with E-state index >= 15 is 0 Å². The summed E-state index contributed by atoms with van der Waals surface area (Å²) in [6, 6.07) is 0. The van der Waals surface area contributed by atoms with Gasteiger partial charge in [0.25, 0.3) is 5.91 Å². The summed E-state index contributed by atoms with van der Waals surface area (Å²) in [6.45, 7) is 3.31. The van der Waals surface area contributed by atoms with E-state index in [1.165, 1.54) is 12.8 Å². The van der Waals surface area contributed by atoms with Gasteiger partial charge in [-0.25, -0.2) is 0 Å². The summed E-state index contributed by atoms with van der Waals surface area (Å²) in [6.07, 6.45) is 4.10. The number of nitrogens with zero attached hydrogens (tertiary/aromatic N) is 3. The van der Waals surface area contributed by atoms with Crippen LogP contribution in [0.5, 0.6) is 0 Å².